The molecule has 6 heteroatoms. The van der Waals surface area contributed by atoms with E-state index >= 15 is 0 Å². The number of rotatable bonds is 8. The van der Waals surface area contributed by atoms with Gasteiger partial charge in [-0.15, -0.1) is 0 Å². The maximum Gasteiger partial charge on any atom is 0.156 e. The Bertz CT molecular complexity index is 816. The second kappa shape index (κ2) is 8.90. The van der Waals surface area contributed by atoms with Crippen molar-refractivity contribution in [2.24, 2.45) is 0 Å². The molecule has 0 aliphatic carbocycles. The van der Waals surface area contributed by atoms with Crippen LogP contribution in [0, 0.1) is 0 Å². The van der Waals surface area contributed by atoms with Gasteiger partial charge in [0.1, 0.15) is 24.5 Å². The van der Waals surface area contributed by atoms with Crippen molar-refractivity contribution >= 4 is 34.1 Å². The lowest BCUT2D eigenvalue weighted by Gasteiger charge is -2.11. The first-order chi connectivity index (χ1) is 12.3. The molecule has 3 aromatic rings. The molecule has 0 fully saturated rings. The largest absolute Gasteiger partial charge is 0.489 e. The zero-order valence-corrected chi connectivity index (χ0v) is 15.0. The summed E-state index contributed by atoms with van der Waals surface area (Å²) in [5.74, 6) is 1.23. The van der Waals surface area contributed by atoms with Crippen molar-refractivity contribution in [3.63, 3.8) is 0 Å². The fourth-order valence-electron chi connectivity index (χ4n) is 2.33. The minimum absolute atomic E-state index is 0.360. The Labute approximate surface area is 156 Å². The summed E-state index contributed by atoms with van der Waals surface area (Å²) in [7, 11) is 0. The van der Waals surface area contributed by atoms with E-state index in [4.69, 9.17) is 37.4 Å². The number of hydrogen-bond donors (Lipinski definition) is 0. The molecule has 0 unspecified atom stereocenters. The molecule has 0 spiro atoms. The van der Waals surface area contributed by atoms with Crippen molar-refractivity contribution in [2.45, 2.75) is 0 Å². The van der Waals surface area contributed by atoms with E-state index < -0.39 is 0 Å². The highest BCUT2D eigenvalue weighted by Crippen LogP contribution is 2.32. The number of nitrogens with zero attached hydrogens (tertiary/aromatic N) is 1. The molecule has 2 aromatic carbocycles. The van der Waals surface area contributed by atoms with Gasteiger partial charge >= 0.3 is 0 Å². The first kappa shape index (κ1) is 17.8. The first-order valence-corrected chi connectivity index (χ1v) is 8.62. The summed E-state index contributed by atoms with van der Waals surface area (Å²) in [6.07, 6.45) is 1.75. The minimum Gasteiger partial charge on any atom is -0.489 e. The molecule has 130 valence electrons. The molecule has 0 aliphatic heterocycles. The average Bonchev–Trinajstić information content (AvgIpc) is 2.63. The lowest BCUT2D eigenvalue weighted by molar-refractivity contribution is 0.0768. The van der Waals surface area contributed by atoms with E-state index in [0.717, 1.165) is 16.7 Å². The number of para-hydroxylation sites is 2. The number of ether oxygens (including phenoxy) is 3. The first-order valence-electron chi connectivity index (χ1n) is 7.87. The number of halogens is 2. The van der Waals surface area contributed by atoms with Gasteiger partial charge in [0, 0.05) is 11.6 Å². The summed E-state index contributed by atoms with van der Waals surface area (Å²) >= 11 is 12.1. The van der Waals surface area contributed by atoms with Gasteiger partial charge in [0.2, 0.25) is 0 Å². The van der Waals surface area contributed by atoms with Gasteiger partial charge in [-0.25, -0.2) is 0 Å². The number of fused-ring (bicyclic) bond motifs is 1. The molecule has 0 aliphatic rings. The molecule has 4 nitrogen and oxygen atoms in total. The topological polar surface area (TPSA) is 40.6 Å². The highest BCUT2D eigenvalue weighted by Gasteiger charge is 2.06. The summed E-state index contributed by atoms with van der Waals surface area (Å²) in [5, 5.41) is 2.02. The van der Waals surface area contributed by atoms with E-state index in [1.54, 1.807) is 24.4 Å². The fourth-order valence-corrected chi connectivity index (χ4v) is 2.83. The lowest BCUT2D eigenvalue weighted by atomic mass is 10.2. The molecule has 0 atom stereocenters. The third-order valence-electron chi connectivity index (χ3n) is 3.47. The number of hydrogen-bond acceptors (Lipinski definition) is 4. The van der Waals surface area contributed by atoms with Gasteiger partial charge in [0.15, 0.2) is 5.75 Å². The minimum atomic E-state index is 0.360. The Morgan fingerprint density at radius 2 is 1.44 bits per heavy atom. The van der Waals surface area contributed by atoms with Crippen LogP contribution in [0.25, 0.3) is 10.9 Å². The van der Waals surface area contributed by atoms with Crippen LogP contribution in [0.5, 0.6) is 11.5 Å². The van der Waals surface area contributed by atoms with Gasteiger partial charge in [-0.3, -0.25) is 4.98 Å². The van der Waals surface area contributed by atoms with Crippen molar-refractivity contribution in [3.05, 3.63) is 64.8 Å². The molecule has 0 saturated carbocycles. The van der Waals surface area contributed by atoms with Gasteiger partial charge in [0.25, 0.3) is 0 Å². The van der Waals surface area contributed by atoms with Crippen LogP contribution in [0.2, 0.25) is 10.0 Å². The molecule has 1 heterocycles. The third kappa shape index (κ3) is 4.75. The smallest absolute Gasteiger partial charge is 0.156 e. The standard InChI is InChI=1S/C19H17Cl2NO3/c20-15-6-2-7-16(21)19(15)25-13-11-23-10-12-24-17-8-1-4-14-5-3-9-22-18(14)17/h1-9H,10-13H2. The molecule has 0 bridgehead atoms. The second-order valence-electron chi connectivity index (χ2n) is 5.19. The summed E-state index contributed by atoms with van der Waals surface area (Å²) < 4.78 is 16.8. The van der Waals surface area contributed by atoms with Crippen molar-refractivity contribution in [2.75, 3.05) is 26.4 Å². The quantitative estimate of drug-likeness (QED) is 0.517. The van der Waals surface area contributed by atoms with Crippen LogP contribution < -0.4 is 9.47 Å². The van der Waals surface area contributed by atoms with E-state index in [1.165, 1.54) is 0 Å². The summed E-state index contributed by atoms with van der Waals surface area (Å²) in [6, 6.07) is 15.0. The van der Waals surface area contributed by atoms with E-state index in [-0.39, 0.29) is 0 Å². The predicted molar refractivity (Wildman–Crippen MR) is 100 cm³/mol. The summed E-state index contributed by atoms with van der Waals surface area (Å²) in [6.45, 7) is 1.66. The number of benzene rings is 2. The molecule has 0 amide bonds. The zero-order chi connectivity index (χ0) is 17.5. The fraction of sp³-hybridized carbons (Fsp3) is 0.211. The lowest BCUT2D eigenvalue weighted by Crippen LogP contribution is -2.12. The molecule has 1 aromatic heterocycles. The van der Waals surface area contributed by atoms with Gasteiger partial charge < -0.3 is 14.2 Å². The molecule has 0 N–H and O–H groups in total. The predicted octanol–water partition coefficient (Wildman–Crippen LogP) is 5.02. The van der Waals surface area contributed by atoms with E-state index in [9.17, 15) is 0 Å². The number of aromatic nitrogens is 1. The normalized spacial score (nSPS) is 10.8. The SMILES string of the molecule is Clc1cccc(Cl)c1OCCOCCOc1cccc2cccnc12. The Kier molecular flexibility index (Phi) is 6.34. The Morgan fingerprint density at radius 1 is 0.760 bits per heavy atom. The van der Waals surface area contributed by atoms with E-state index in [2.05, 4.69) is 4.98 Å². The van der Waals surface area contributed by atoms with Crippen LogP contribution in [-0.2, 0) is 4.74 Å². The Morgan fingerprint density at radius 3 is 2.24 bits per heavy atom. The molecular weight excluding hydrogens is 361 g/mol. The van der Waals surface area contributed by atoms with Crippen molar-refractivity contribution in [1.29, 1.82) is 0 Å². The van der Waals surface area contributed by atoms with Crippen LogP contribution in [0.4, 0.5) is 0 Å². The van der Waals surface area contributed by atoms with Crippen LogP contribution in [0.15, 0.2) is 54.7 Å². The van der Waals surface area contributed by atoms with Crippen LogP contribution in [0.1, 0.15) is 0 Å². The van der Waals surface area contributed by atoms with Crippen molar-refractivity contribution in [1.82, 2.24) is 4.98 Å². The van der Waals surface area contributed by atoms with Crippen molar-refractivity contribution < 1.29 is 14.2 Å². The summed E-state index contributed by atoms with van der Waals surface area (Å²) in [5.41, 5.74) is 0.849. The monoisotopic (exact) mass is 377 g/mol. The Hall–Kier alpha value is -2.01. The highest BCUT2D eigenvalue weighted by atomic mass is 35.5. The van der Waals surface area contributed by atoms with Crippen LogP contribution >= 0.6 is 23.2 Å². The summed E-state index contributed by atoms with van der Waals surface area (Å²) in [4.78, 5) is 4.35. The van der Waals surface area contributed by atoms with E-state index in [1.807, 2.05) is 30.3 Å². The van der Waals surface area contributed by atoms with Gasteiger partial charge in [-0.05, 0) is 24.3 Å². The van der Waals surface area contributed by atoms with E-state index in [0.29, 0.717) is 42.2 Å². The van der Waals surface area contributed by atoms with Crippen LogP contribution in [-0.4, -0.2) is 31.4 Å². The molecule has 0 saturated heterocycles. The van der Waals surface area contributed by atoms with Gasteiger partial charge in [-0.1, -0.05) is 47.5 Å². The maximum absolute atomic E-state index is 6.03. The molecule has 3 rings (SSSR count). The molecule has 0 radical (unpaired) electrons. The van der Waals surface area contributed by atoms with Crippen molar-refractivity contribution in [3.8, 4) is 11.5 Å². The average molecular weight is 378 g/mol. The second-order valence-corrected chi connectivity index (χ2v) is 6.01. The molecular formula is C19H17Cl2NO3. The maximum atomic E-state index is 6.03. The van der Waals surface area contributed by atoms with Crippen LogP contribution in [0.3, 0.4) is 0 Å². The van der Waals surface area contributed by atoms with Gasteiger partial charge in [0.05, 0.1) is 23.3 Å². The Balaban J connectivity index is 1.39. The zero-order valence-electron chi connectivity index (χ0n) is 13.5. The van der Waals surface area contributed by atoms with Gasteiger partial charge in [-0.2, -0.15) is 0 Å². The third-order valence-corrected chi connectivity index (χ3v) is 4.07. The number of pyridine rings is 1. The molecule has 25 heavy (non-hydrogen) atoms. The highest BCUT2D eigenvalue weighted by molar-refractivity contribution is 6.37.